The SMILES string of the molecule is COc1ccccc1NC(=O)c1ccc(NC(=O)CN(C)CCOc2cccc(C)c2)cc1. The third kappa shape index (κ3) is 7.36. The number of para-hydroxylation sites is 2. The van der Waals surface area contributed by atoms with E-state index in [0.717, 1.165) is 11.3 Å². The van der Waals surface area contributed by atoms with Gasteiger partial charge in [0.2, 0.25) is 5.91 Å². The molecule has 2 N–H and O–H groups in total. The molecule has 0 aromatic heterocycles. The number of likely N-dealkylation sites (N-methyl/N-ethyl adjacent to an activating group) is 1. The Morgan fingerprint density at radius 3 is 2.42 bits per heavy atom. The molecular formula is C26H29N3O4. The summed E-state index contributed by atoms with van der Waals surface area (Å²) >= 11 is 0. The van der Waals surface area contributed by atoms with Gasteiger partial charge in [-0.3, -0.25) is 14.5 Å². The summed E-state index contributed by atoms with van der Waals surface area (Å²) in [6, 6.07) is 21.8. The molecule has 0 spiro atoms. The van der Waals surface area contributed by atoms with Gasteiger partial charge in [-0.05, 0) is 68.1 Å². The van der Waals surface area contributed by atoms with E-state index >= 15 is 0 Å². The van der Waals surface area contributed by atoms with Gasteiger partial charge in [-0.2, -0.15) is 0 Å². The van der Waals surface area contributed by atoms with Crippen LogP contribution in [-0.4, -0.2) is 50.6 Å². The van der Waals surface area contributed by atoms with Crippen molar-refractivity contribution in [2.45, 2.75) is 6.92 Å². The van der Waals surface area contributed by atoms with Gasteiger partial charge in [-0.25, -0.2) is 0 Å². The first-order valence-electron chi connectivity index (χ1n) is 10.7. The molecule has 0 radical (unpaired) electrons. The van der Waals surface area contributed by atoms with Crippen LogP contribution < -0.4 is 20.1 Å². The summed E-state index contributed by atoms with van der Waals surface area (Å²) in [7, 11) is 3.42. The van der Waals surface area contributed by atoms with Crippen molar-refractivity contribution in [3.8, 4) is 11.5 Å². The maximum absolute atomic E-state index is 12.5. The van der Waals surface area contributed by atoms with Gasteiger partial charge in [0, 0.05) is 17.8 Å². The Bertz CT molecular complexity index is 1080. The Labute approximate surface area is 194 Å². The molecule has 2 amide bonds. The van der Waals surface area contributed by atoms with Gasteiger partial charge in [0.05, 0.1) is 19.3 Å². The lowest BCUT2D eigenvalue weighted by atomic mass is 10.2. The average molecular weight is 448 g/mol. The Balaban J connectivity index is 1.44. The molecule has 3 aromatic carbocycles. The Morgan fingerprint density at radius 2 is 1.70 bits per heavy atom. The third-order valence-electron chi connectivity index (χ3n) is 4.93. The van der Waals surface area contributed by atoms with Crippen LogP contribution in [-0.2, 0) is 4.79 Å². The van der Waals surface area contributed by atoms with E-state index < -0.39 is 0 Å². The number of methoxy groups -OCH3 is 1. The van der Waals surface area contributed by atoms with E-state index in [9.17, 15) is 9.59 Å². The highest BCUT2D eigenvalue weighted by Crippen LogP contribution is 2.24. The zero-order chi connectivity index (χ0) is 23.6. The number of carbonyl (C=O) groups is 2. The summed E-state index contributed by atoms with van der Waals surface area (Å²) in [5, 5.41) is 5.68. The van der Waals surface area contributed by atoms with E-state index in [0.29, 0.717) is 35.8 Å². The predicted octanol–water partition coefficient (Wildman–Crippen LogP) is 4.21. The van der Waals surface area contributed by atoms with Crippen molar-refractivity contribution >= 4 is 23.2 Å². The van der Waals surface area contributed by atoms with Crippen LogP contribution in [0.5, 0.6) is 11.5 Å². The number of nitrogens with one attached hydrogen (secondary N) is 2. The molecule has 3 rings (SSSR count). The van der Waals surface area contributed by atoms with Crippen LogP contribution in [0.3, 0.4) is 0 Å². The molecule has 0 saturated carbocycles. The Hall–Kier alpha value is -3.84. The first kappa shape index (κ1) is 23.8. The van der Waals surface area contributed by atoms with Gasteiger partial charge in [0.15, 0.2) is 0 Å². The fourth-order valence-electron chi connectivity index (χ4n) is 3.20. The minimum atomic E-state index is -0.259. The summed E-state index contributed by atoms with van der Waals surface area (Å²) in [6.07, 6.45) is 0. The summed E-state index contributed by atoms with van der Waals surface area (Å²) < 4.78 is 11.0. The maximum Gasteiger partial charge on any atom is 0.255 e. The van der Waals surface area contributed by atoms with Crippen LogP contribution in [0.25, 0.3) is 0 Å². The van der Waals surface area contributed by atoms with E-state index in [-0.39, 0.29) is 18.4 Å². The predicted molar refractivity (Wildman–Crippen MR) is 130 cm³/mol. The molecule has 172 valence electrons. The average Bonchev–Trinajstić information content (AvgIpc) is 2.80. The van der Waals surface area contributed by atoms with Crippen molar-refractivity contribution in [2.75, 3.05) is 44.5 Å². The first-order valence-corrected chi connectivity index (χ1v) is 10.7. The topological polar surface area (TPSA) is 79.9 Å². The van der Waals surface area contributed by atoms with Gasteiger partial charge in [-0.15, -0.1) is 0 Å². The normalized spacial score (nSPS) is 10.5. The number of amides is 2. The Morgan fingerprint density at radius 1 is 0.939 bits per heavy atom. The molecule has 7 heteroatoms. The van der Waals surface area contributed by atoms with E-state index in [2.05, 4.69) is 10.6 Å². The molecule has 0 unspecified atom stereocenters. The van der Waals surface area contributed by atoms with E-state index in [4.69, 9.17) is 9.47 Å². The van der Waals surface area contributed by atoms with Crippen molar-refractivity contribution in [3.05, 3.63) is 83.9 Å². The number of nitrogens with zero attached hydrogens (tertiary/aromatic N) is 1. The van der Waals surface area contributed by atoms with Crippen molar-refractivity contribution in [1.82, 2.24) is 4.90 Å². The van der Waals surface area contributed by atoms with Gasteiger partial charge in [0.1, 0.15) is 18.1 Å². The summed E-state index contributed by atoms with van der Waals surface area (Å²) in [5.74, 6) is 1.01. The zero-order valence-corrected chi connectivity index (χ0v) is 19.1. The van der Waals surface area contributed by atoms with Gasteiger partial charge in [-0.1, -0.05) is 24.3 Å². The molecule has 33 heavy (non-hydrogen) atoms. The molecule has 0 aliphatic rings. The fraction of sp³-hybridized carbons (Fsp3) is 0.231. The van der Waals surface area contributed by atoms with Gasteiger partial charge >= 0.3 is 0 Å². The number of anilines is 2. The molecule has 7 nitrogen and oxygen atoms in total. The number of hydrogen-bond acceptors (Lipinski definition) is 5. The molecule has 0 aliphatic heterocycles. The summed E-state index contributed by atoms with van der Waals surface area (Å²) in [5.41, 5.74) is 2.84. The van der Waals surface area contributed by atoms with Gasteiger partial charge < -0.3 is 20.1 Å². The minimum Gasteiger partial charge on any atom is -0.495 e. The molecule has 0 aliphatic carbocycles. The lowest BCUT2D eigenvalue weighted by Gasteiger charge is -2.17. The largest absolute Gasteiger partial charge is 0.495 e. The molecule has 0 fully saturated rings. The summed E-state index contributed by atoms with van der Waals surface area (Å²) in [6.45, 7) is 3.35. The highest BCUT2D eigenvalue weighted by molar-refractivity contribution is 6.05. The smallest absolute Gasteiger partial charge is 0.255 e. The van der Waals surface area contributed by atoms with Crippen molar-refractivity contribution in [3.63, 3.8) is 0 Å². The number of rotatable bonds is 10. The second-order valence-corrected chi connectivity index (χ2v) is 7.68. The highest BCUT2D eigenvalue weighted by Gasteiger charge is 2.11. The second kappa shape index (κ2) is 11.7. The number of hydrogen-bond donors (Lipinski definition) is 2. The maximum atomic E-state index is 12.5. The molecule has 0 heterocycles. The Kier molecular flexibility index (Phi) is 8.43. The van der Waals surface area contributed by atoms with E-state index in [1.54, 1.807) is 43.5 Å². The van der Waals surface area contributed by atoms with Crippen molar-refractivity contribution in [2.24, 2.45) is 0 Å². The number of benzene rings is 3. The van der Waals surface area contributed by atoms with Crippen LogP contribution in [0, 0.1) is 6.92 Å². The van der Waals surface area contributed by atoms with Crippen LogP contribution in [0.2, 0.25) is 0 Å². The summed E-state index contributed by atoms with van der Waals surface area (Å²) in [4.78, 5) is 26.7. The lowest BCUT2D eigenvalue weighted by molar-refractivity contribution is -0.117. The van der Waals surface area contributed by atoms with Crippen LogP contribution in [0.1, 0.15) is 15.9 Å². The number of carbonyl (C=O) groups excluding carboxylic acids is 2. The standard InChI is InChI=1S/C26H29N3O4/c1-19-7-6-8-22(17-19)33-16-15-29(2)18-25(30)27-21-13-11-20(12-14-21)26(31)28-23-9-4-5-10-24(23)32-3/h4-14,17H,15-16,18H2,1-3H3,(H,27,30)(H,28,31). The zero-order valence-electron chi connectivity index (χ0n) is 19.1. The molecule has 0 atom stereocenters. The van der Waals surface area contributed by atoms with Crippen molar-refractivity contribution in [1.29, 1.82) is 0 Å². The minimum absolute atomic E-state index is 0.140. The fourth-order valence-corrected chi connectivity index (χ4v) is 3.20. The van der Waals surface area contributed by atoms with E-state index in [1.807, 2.05) is 55.3 Å². The highest BCUT2D eigenvalue weighted by atomic mass is 16.5. The first-order chi connectivity index (χ1) is 15.9. The molecular weight excluding hydrogens is 418 g/mol. The van der Waals surface area contributed by atoms with Crippen LogP contribution >= 0.6 is 0 Å². The van der Waals surface area contributed by atoms with Gasteiger partial charge in [0.25, 0.3) is 5.91 Å². The second-order valence-electron chi connectivity index (χ2n) is 7.68. The molecule has 0 saturated heterocycles. The number of aryl methyl sites for hydroxylation is 1. The van der Waals surface area contributed by atoms with Crippen LogP contribution in [0.4, 0.5) is 11.4 Å². The molecule has 3 aromatic rings. The van der Waals surface area contributed by atoms with Crippen molar-refractivity contribution < 1.29 is 19.1 Å². The lowest BCUT2D eigenvalue weighted by Crippen LogP contribution is -2.33. The van der Waals surface area contributed by atoms with E-state index in [1.165, 1.54) is 0 Å². The number of ether oxygens (including phenoxy) is 2. The third-order valence-corrected chi connectivity index (χ3v) is 4.93. The van der Waals surface area contributed by atoms with Crippen LogP contribution in [0.15, 0.2) is 72.8 Å². The quantitative estimate of drug-likeness (QED) is 0.487. The monoisotopic (exact) mass is 447 g/mol. The molecule has 0 bridgehead atoms.